The summed E-state index contributed by atoms with van der Waals surface area (Å²) in [5.41, 5.74) is 0.771. The predicted octanol–water partition coefficient (Wildman–Crippen LogP) is 1.08. The van der Waals surface area contributed by atoms with Crippen molar-refractivity contribution < 1.29 is 50.4 Å². The highest BCUT2D eigenvalue weighted by molar-refractivity contribution is 6.32. The zero-order chi connectivity index (χ0) is 35.4. The third-order valence-corrected chi connectivity index (χ3v) is 9.69. The Hall–Kier alpha value is -2.11. The number of likely N-dealkylation sites (N-methyl/N-ethyl adjacent to an activating group) is 1. The lowest BCUT2D eigenvalue weighted by Gasteiger charge is -2.42. The minimum absolute atomic E-state index is 0. The fourth-order valence-corrected chi connectivity index (χ4v) is 6.58. The first-order valence-corrected chi connectivity index (χ1v) is 18.5. The average Bonchev–Trinajstić information content (AvgIpc) is 3.41. The summed E-state index contributed by atoms with van der Waals surface area (Å²) in [6.45, 7) is 8.05. The summed E-state index contributed by atoms with van der Waals surface area (Å²) in [5, 5.41) is 14.3. The Kier molecular flexibility index (Phi) is 20.6. The number of hydrogen-bond donors (Lipinski definition) is 3. The normalized spacial score (nSPS) is 19.7. The number of nitrogens with zero attached hydrogens (tertiary/aromatic N) is 5. The van der Waals surface area contributed by atoms with Gasteiger partial charge in [-0.05, 0) is 31.0 Å². The van der Waals surface area contributed by atoms with Gasteiger partial charge in [0.2, 0.25) is 11.9 Å². The second-order valence-corrected chi connectivity index (χ2v) is 13.6. The molecule has 14 nitrogen and oxygen atoms in total. The fraction of sp³-hybridized carbons (Fsp3) is 0.743. The molecule has 0 bridgehead atoms. The van der Waals surface area contributed by atoms with Gasteiger partial charge in [-0.15, -0.1) is 0 Å². The number of hydrogen-bond acceptors (Lipinski definition) is 13. The number of benzene rings is 1. The van der Waals surface area contributed by atoms with Gasteiger partial charge in [0.15, 0.2) is 0 Å². The molecule has 4 N–H and O–H groups in total. The van der Waals surface area contributed by atoms with Crippen molar-refractivity contribution in [2.24, 2.45) is 5.84 Å². The maximum Gasteiger partial charge on any atom is 0.245 e. The first kappa shape index (κ1) is 43.3. The maximum atomic E-state index is 8.65. The first-order valence-electron chi connectivity index (χ1n) is 18.1. The Morgan fingerprint density at radius 1 is 0.824 bits per heavy atom. The van der Waals surface area contributed by atoms with Crippen LogP contribution in [0.2, 0.25) is 5.02 Å². The molecule has 16 heteroatoms. The van der Waals surface area contributed by atoms with E-state index in [9.17, 15) is 0 Å². The van der Waals surface area contributed by atoms with Gasteiger partial charge in [0.05, 0.1) is 111 Å². The molecule has 0 amide bonds. The SMILES string of the molecule is COc1ccc(Nc2nc(C3CCCCCC3)nc(N(N)C3CC[N+](C)(CCOCCOCCOCCOCCOCCO)CC3)n2)cc1Cl.[Cl-]. The Labute approximate surface area is 314 Å². The van der Waals surface area contributed by atoms with Crippen molar-refractivity contribution >= 4 is 29.2 Å². The second kappa shape index (κ2) is 24.3. The molecule has 2 fully saturated rings. The zero-order valence-electron chi connectivity index (χ0n) is 30.4. The molecule has 1 saturated heterocycles. The number of ether oxygens (including phenoxy) is 6. The highest BCUT2D eigenvalue weighted by atomic mass is 35.5. The van der Waals surface area contributed by atoms with Crippen LogP contribution < -0.4 is 33.3 Å². The molecule has 1 aliphatic carbocycles. The van der Waals surface area contributed by atoms with Gasteiger partial charge in [-0.2, -0.15) is 15.0 Å². The number of rotatable bonds is 23. The summed E-state index contributed by atoms with van der Waals surface area (Å²) in [6.07, 6.45) is 8.88. The number of nitrogens with two attached hydrogens (primary N) is 1. The van der Waals surface area contributed by atoms with Crippen molar-refractivity contribution in [3.05, 3.63) is 29.0 Å². The molecule has 4 rings (SSSR count). The van der Waals surface area contributed by atoms with Crippen LogP contribution in [0, 0.1) is 0 Å². The zero-order valence-corrected chi connectivity index (χ0v) is 31.9. The molecule has 2 aromatic rings. The van der Waals surface area contributed by atoms with Gasteiger partial charge in [0.25, 0.3) is 0 Å². The molecule has 2 aliphatic rings. The number of halogens is 2. The molecule has 2 heterocycles. The number of aromatic nitrogens is 3. The van der Waals surface area contributed by atoms with E-state index in [0.717, 1.165) is 61.3 Å². The quantitative estimate of drug-likeness (QED) is 0.0487. The van der Waals surface area contributed by atoms with Crippen molar-refractivity contribution in [2.45, 2.75) is 63.3 Å². The van der Waals surface area contributed by atoms with Crippen LogP contribution in [0.3, 0.4) is 0 Å². The standard InChI is InChI=1S/C35H59ClN7O7.ClH/c1-43(15-17-46-19-21-48-23-25-50-26-24-49-22-20-47-18-16-44)13-11-30(12-14-43)42(37)35-40-33(28-7-5-3-4-6-8-28)39-34(41-35)38-29-9-10-32(45-2)31(36)27-29;/h9-10,27-28,30,44H,3-8,11-26,37H2,1-2H3,(H,38,39,40,41);1H/q+1;/p-1. The lowest BCUT2D eigenvalue weighted by molar-refractivity contribution is -0.914. The number of aliphatic hydroxyl groups is 1. The average molecular weight is 761 g/mol. The Morgan fingerprint density at radius 3 is 1.94 bits per heavy atom. The summed E-state index contributed by atoms with van der Waals surface area (Å²) >= 11 is 6.40. The Balaban J connectivity index is 0.00000702. The van der Waals surface area contributed by atoms with Gasteiger partial charge in [0, 0.05) is 24.4 Å². The van der Waals surface area contributed by atoms with Crippen molar-refractivity contribution in [1.29, 1.82) is 0 Å². The van der Waals surface area contributed by atoms with Crippen LogP contribution in [-0.4, -0.2) is 137 Å². The third kappa shape index (κ3) is 15.4. The van der Waals surface area contributed by atoms with Crippen LogP contribution in [0.15, 0.2) is 18.2 Å². The van der Waals surface area contributed by atoms with Crippen molar-refractivity contribution in [3.63, 3.8) is 0 Å². The predicted molar refractivity (Wildman–Crippen MR) is 193 cm³/mol. The molecule has 0 unspecified atom stereocenters. The van der Waals surface area contributed by atoms with E-state index in [1.165, 1.54) is 25.7 Å². The molecule has 1 aromatic carbocycles. The number of hydrazine groups is 1. The van der Waals surface area contributed by atoms with Gasteiger partial charge >= 0.3 is 0 Å². The smallest absolute Gasteiger partial charge is 0.245 e. The van der Waals surface area contributed by atoms with Crippen LogP contribution in [-0.2, 0) is 23.7 Å². The lowest BCUT2D eigenvalue weighted by Crippen LogP contribution is -3.00. The van der Waals surface area contributed by atoms with E-state index in [1.54, 1.807) is 12.1 Å². The monoisotopic (exact) mass is 759 g/mol. The highest BCUT2D eigenvalue weighted by Crippen LogP contribution is 2.33. The molecular weight excluding hydrogens is 701 g/mol. The summed E-state index contributed by atoms with van der Waals surface area (Å²) < 4.78 is 33.8. The molecule has 1 aliphatic heterocycles. The van der Waals surface area contributed by atoms with Gasteiger partial charge in [-0.3, -0.25) is 5.01 Å². The molecule has 51 heavy (non-hydrogen) atoms. The minimum atomic E-state index is 0. The largest absolute Gasteiger partial charge is 1.00 e. The number of anilines is 3. The van der Waals surface area contributed by atoms with E-state index in [0.29, 0.717) is 88.7 Å². The van der Waals surface area contributed by atoms with Gasteiger partial charge in [-0.25, -0.2) is 5.84 Å². The third-order valence-electron chi connectivity index (χ3n) is 9.40. The van der Waals surface area contributed by atoms with Crippen molar-refractivity contribution in [1.82, 2.24) is 15.0 Å². The first-order chi connectivity index (χ1) is 24.4. The molecule has 0 radical (unpaired) electrons. The van der Waals surface area contributed by atoms with E-state index in [2.05, 4.69) is 12.4 Å². The number of likely N-dealkylation sites (tertiary alicyclic amines) is 1. The van der Waals surface area contributed by atoms with E-state index in [4.69, 9.17) is 65.9 Å². The van der Waals surface area contributed by atoms with Crippen LogP contribution >= 0.6 is 11.6 Å². The second-order valence-electron chi connectivity index (χ2n) is 13.2. The summed E-state index contributed by atoms with van der Waals surface area (Å²) in [4.78, 5) is 14.6. The van der Waals surface area contributed by atoms with E-state index >= 15 is 0 Å². The van der Waals surface area contributed by atoms with Gasteiger partial charge < -0.3 is 55.7 Å². The minimum Gasteiger partial charge on any atom is -1.00 e. The Bertz CT molecular complexity index is 1240. The van der Waals surface area contributed by atoms with Crippen molar-refractivity contribution in [3.8, 4) is 5.75 Å². The van der Waals surface area contributed by atoms with E-state index in [1.807, 2.05) is 18.2 Å². The molecule has 290 valence electrons. The maximum absolute atomic E-state index is 8.65. The fourth-order valence-electron chi connectivity index (χ4n) is 6.32. The molecular formula is C35H59Cl2N7O7. The van der Waals surface area contributed by atoms with Gasteiger partial charge in [-0.1, -0.05) is 37.3 Å². The summed E-state index contributed by atoms with van der Waals surface area (Å²) in [5.74, 6) is 9.48. The van der Waals surface area contributed by atoms with E-state index in [-0.39, 0.29) is 31.0 Å². The number of quaternary nitrogens is 1. The molecule has 1 aromatic heterocycles. The Morgan fingerprint density at radius 2 is 1.39 bits per heavy atom. The molecule has 0 atom stereocenters. The lowest BCUT2D eigenvalue weighted by atomic mass is 9.99. The summed E-state index contributed by atoms with van der Waals surface area (Å²) in [7, 11) is 3.88. The number of aliphatic hydroxyl groups excluding tert-OH is 1. The van der Waals surface area contributed by atoms with Gasteiger partial charge in [0.1, 0.15) is 18.1 Å². The topological polar surface area (TPSA) is 156 Å². The van der Waals surface area contributed by atoms with Crippen LogP contribution in [0.5, 0.6) is 5.75 Å². The van der Waals surface area contributed by atoms with Crippen LogP contribution in [0.25, 0.3) is 0 Å². The van der Waals surface area contributed by atoms with E-state index < -0.39 is 0 Å². The molecule has 1 saturated carbocycles. The van der Waals surface area contributed by atoms with Crippen LogP contribution in [0.4, 0.5) is 17.6 Å². The summed E-state index contributed by atoms with van der Waals surface area (Å²) in [6, 6.07) is 5.65. The number of methoxy groups -OCH3 is 1. The number of nitrogens with one attached hydrogen (secondary N) is 1. The van der Waals surface area contributed by atoms with Crippen molar-refractivity contribution in [2.75, 3.05) is 117 Å². The number of piperidine rings is 1. The highest BCUT2D eigenvalue weighted by Gasteiger charge is 2.33. The molecule has 0 spiro atoms. The van der Waals surface area contributed by atoms with Crippen LogP contribution in [0.1, 0.15) is 63.1 Å².